The minimum atomic E-state index is 0.573. The van der Waals surface area contributed by atoms with Gasteiger partial charge in [0.25, 0.3) is 0 Å². The molecule has 0 atom stereocenters. The molecule has 1 saturated carbocycles. The van der Waals surface area contributed by atoms with Crippen LogP contribution in [0.25, 0.3) is 0 Å². The van der Waals surface area contributed by atoms with E-state index in [9.17, 15) is 0 Å². The third-order valence-corrected chi connectivity index (χ3v) is 2.50. The van der Waals surface area contributed by atoms with Crippen molar-refractivity contribution in [3.63, 3.8) is 0 Å². The van der Waals surface area contributed by atoms with Crippen LogP contribution in [0.3, 0.4) is 0 Å². The van der Waals surface area contributed by atoms with Gasteiger partial charge in [-0.25, -0.2) is 0 Å². The Bertz CT molecular complexity index is 252. The molecule has 1 aliphatic carbocycles. The molecule has 2 heteroatoms. The highest BCUT2D eigenvalue weighted by atomic mass is 14.9. The molecule has 1 N–H and O–H groups in total. The first-order valence-corrected chi connectivity index (χ1v) is 4.42. The molecule has 1 heterocycles. The lowest BCUT2D eigenvalue weighted by Crippen LogP contribution is -2.11. The molecule has 2 nitrogen and oxygen atoms in total. The Morgan fingerprint density at radius 1 is 1.42 bits per heavy atom. The number of aromatic nitrogens is 1. The van der Waals surface area contributed by atoms with Crippen LogP contribution >= 0.6 is 0 Å². The van der Waals surface area contributed by atoms with Gasteiger partial charge >= 0.3 is 0 Å². The van der Waals surface area contributed by atoms with E-state index in [0.717, 1.165) is 6.54 Å². The van der Waals surface area contributed by atoms with Gasteiger partial charge in [-0.05, 0) is 30.4 Å². The number of hydrogen-bond acceptors (Lipinski definition) is 2. The van der Waals surface area contributed by atoms with Gasteiger partial charge in [-0.2, -0.15) is 0 Å². The van der Waals surface area contributed by atoms with E-state index in [1.54, 1.807) is 0 Å². The molecule has 1 aromatic heterocycles. The first kappa shape index (κ1) is 7.59. The summed E-state index contributed by atoms with van der Waals surface area (Å²) < 4.78 is 0. The van der Waals surface area contributed by atoms with E-state index in [1.165, 1.54) is 18.5 Å². The van der Waals surface area contributed by atoms with E-state index >= 15 is 0 Å². The second-order valence-electron chi connectivity index (χ2n) is 3.90. The van der Waals surface area contributed by atoms with Crippen molar-refractivity contribution >= 4 is 5.69 Å². The molecule has 2 rings (SSSR count). The summed E-state index contributed by atoms with van der Waals surface area (Å²) in [7, 11) is 0. The predicted molar refractivity (Wildman–Crippen MR) is 50.1 cm³/mol. The van der Waals surface area contributed by atoms with Gasteiger partial charge in [-0.1, -0.05) is 6.92 Å². The summed E-state index contributed by atoms with van der Waals surface area (Å²) in [4.78, 5) is 3.97. The van der Waals surface area contributed by atoms with Crippen LogP contribution in [0.4, 0.5) is 5.69 Å². The lowest BCUT2D eigenvalue weighted by Gasteiger charge is -2.10. The Kier molecular flexibility index (Phi) is 1.75. The van der Waals surface area contributed by atoms with Crippen LogP contribution in [0.2, 0.25) is 0 Å². The molecule has 0 radical (unpaired) electrons. The van der Waals surface area contributed by atoms with Gasteiger partial charge < -0.3 is 5.32 Å². The number of nitrogens with zero attached hydrogens (tertiary/aromatic N) is 1. The highest BCUT2D eigenvalue weighted by Crippen LogP contribution is 2.44. The molecule has 1 aromatic rings. The fraction of sp³-hybridized carbons (Fsp3) is 0.500. The molecule has 0 spiro atoms. The number of nitrogens with one attached hydrogen (secondary N) is 1. The van der Waals surface area contributed by atoms with Gasteiger partial charge in [0, 0.05) is 24.6 Å². The standard InChI is InChI=1S/C10H14N2/c1-10(4-5-10)8-12-9-2-6-11-7-3-9/h2-3,6-7H,4-5,8H2,1H3,(H,11,12). The summed E-state index contributed by atoms with van der Waals surface area (Å²) >= 11 is 0. The van der Waals surface area contributed by atoms with E-state index in [2.05, 4.69) is 17.2 Å². The Morgan fingerprint density at radius 3 is 2.67 bits per heavy atom. The maximum Gasteiger partial charge on any atom is 0.0371 e. The first-order valence-electron chi connectivity index (χ1n) is 4.42. The van der Waals surface area contributed by atoms with Crippen LogP contribution < -0.4 is 5.32 Å². The quantitative estimate of drug-likeness (QED) is 0.737. The lowest BCUT2D eigenvalue weighted by molar-refractivity contribution is 0.611. The zero-order valence-corrected chi connectivity index (χ0v) is 7.38. The van der Waals surface area contributed by atoms with Crippen LogP contribution in [-0.2, 0) is 0 Å². The van der Waals surface area contributed by atoms with E-state index in [4.69, 9.17) is 0 Å². The molecule has 1 fully saturated rings. The fourth-order valence-corrected chi connectivity index (χ4v) is 1.18. The van der Waals surface area contributed by atoms with Crippen molar-refractivity contribution < 1.29 is 0 Å². The zero-order valence-electron chi connectivity index (χ0n) is 7.38. The van der Waals surface area contributed by atoms with Gasteiger partial charge in [0.2, 0.25) is 0 Å². The molecule has 0 bridgehead atoms. The van der Waals surface area contributed by atoms with Gasteiger partial charge in [0.1, 0.15) is 0 Å². The first-order chi connectivity index (χ1) is 5.79. The Balaban J connectivity index is 1.88. The van der Waals surface area contributed by atoms with Crippen molar-refractivity contribution in [1.29, 1.82) is 0 Å². The average Bonchev–Trinajstić information content (AvgIpc) is 2.84. The summed E-state index contributed by atoms with van der Waals surface area (Å²) in [6, 6.07) is 4.01. The maximum atomic E-state index is 3.97. The highest BCUT2D eigenvalue weighted by molar-refractivity contribution is 5.41. The molecule has 0 aliphatic heterocycles. The van der Waals surface area contributed by atoms with Crippen molar-refractivity contribution in [2.75, 3.05) is 11.9 Å². The van der Waals surface area contributed by atoms with Crippen LogP contribution in [0, 0.1) is 5.41 Å². The molecule has 1 aliphatic rings. The molecule has 64 valence electrons. The summed E-state index contributed by atoms with van der Waals surface area (Å²) in [5.74, 6) is 0. The van der Waals surface area contributed by atoms with E-state index in [-0.39, 0.29) is 0 Å². The molecule has 0 amide bonds. The number of hydrogen-bond donors (Lipinski definition) is 1. The SMILES string of the molecule is CC1(CNc2ccncc2)CC1. The smallest absolute Gasteiger partial charge is 0.0371 e. The third-order valence-electron chi connectivity index (χ3n) is 2.50. The lowest BCUT2D eigenvalue weighted by atomic mass is 10.1. The van der Waals surface area contributed by atoms with Crippen molar-refractivity contribution in [2.45, 2.75) is 19.8 Å². The second kappa shape index (κ2) is 2.77. The van der Waals surface area contributed by atoms with Crippen molar-refractivity contribution in [3.8, 4) is 0 Å². The molecule has 0 aromatic carbocycles. The minimum Gasteiger partial charge on any atom is -0.384 e. The van der Waals surface area contributed by atoms with Crippen LogP contribution in [0.15, 0.2) is 24.5 Å². The maximum absolute atomic E-state index is 3.97. The Hall–Kier alpha value is -1.05. The molecular formula is C10H14N2. The van der Waals surface area contributed by atoms with Gasteiger partial charge in [-0.3, -0.25) is 4.98 Å². The van der Waals surface area contributed by atoms with E-state index < -0.39 is 0 Å². The Labute approximate surface area is 73.0 Å². The number of anilines is 1. The topological polar surface area (TPSA) is 24.9 Å². The fourth-order valence-electron chi connectivity index (χ4n) is 1.18. The molecule has 0 unspecified atom stereocenters. The van der Waals surface area contributed by atoms with Crippen molar-refractivity contribution in [2.24, 2.45) is 5.41 Å². The van der Waals surface area contributed by atoms with Gasteiger partial charge in [0.05, 0.1) is 0 Å². The summed E-state index contributed by atoms with van der Waals surface area (Å²) in [6.07, 6.45) is 6.37. The highest BCUT2D eigenvalue weighted by Gasteiger charge is 2.36. The zero-order chi connectivity index (χ0) is 8.44. The van der Waals surface area contributed by atoms with E-state index in [0.29, 0.717) is 5.41 Å². The molecule has 12 heavy (non-hydrogen) atoms. The van der Waals surface area contributed by atoms with Crippen molar-refractivity contribution in [1.82, 2.24) is 4.98 Å². The van der Waals surface area contributed by atoms with Crippen LogP contribution in [0.1, 0.15) is 19.8 Å². The third kappa shape index (κ3) is 1.76. The van der Waals surface area contributed by atoms with Gasteiger partial charge in [-0.15, -0.1) is 0 Å². The minimum absolute atomic E-state index is 0.573. The van der Waals surface area contributed by atoms with Crippen molar-refractivity contribution in [3.05, 3.63) is 24.5 Å². The molecular weight excluding hydrogens is 148 g/mol. The van der Waals surface area contributed by atoms with Crippen LogP contribution in [-0.4, -0.2) is 11.5 Å². The number of rotatable bonds is 3. The second-order valence-corrected chi connectivity index (χ2v) is 3.90. The largest absolute Gasteiger partial charge is 0.384 e. The van der Waals surface area contributed by atoms with Gasteiger partial charge in [0.15, 0.2) is 0 Å². The Morgan fingerprint density at radius 2 is 2.08 bits per heavy atom. The predicted octanol–water partition coefficient (Wildman–Crippen LogP) is 2.29. The normalized spacial score (nSPS) is 18.8. The summed E-state index contributed by atoms with van der Waals surface area (Å²) in [6.45, 7) is 3.41. The monoisotopic (exact) mass is 162 g/mol. The summed E-state index contributed by atoms with van der Waals surface area (Å²) in [5, 5.41) is 3.41. The van der Waals surface area contributed by atoms with Crippen LogP contribution in [0.5, 0.6) is 0 Å². The average molecular weight is 162 g/mol. The number of pyridine rings is 1. The summed E-state index contributed by atoms with van der Waals surface area (Å²) in [5.41, 5.74) is 1.75. The van der Waals surface area contributed by atoms with E-state index in [1.807, 2.05) is 24.5 Å². The molecule has 0 saturated heterocycles.